The van der Waals surface area contributed by atoms with Gasteiger partial charge in [-0.25, -0.2) is 0 Å². The van der Waals surface area contributed by atoms with Gasteiger partial charge in [0.15, 0.2) is 0 Å². The molecule has 0 atom stereocenters. The Morgan fingerprint density at radius 3 is 0.737 bits per heavy atom. The maximum Gasteiger partial charge on any atom is 0.00772 e. The second-order valence-electron chi connectivity index (χ2n) is 5.43. The standard InChI is InChI=1S/C6H12.C5H11N.C4H10N2.CH4/c2*1-2-4-6-5-3-1;1-2-6-4-3-5-1;/h1-6H2;6H,1-5H2;5-6H,1-4H2;1H4. The Kier molecular flexibility index (Phi) is 15.8. The smallest absolute Gasteiger partial charge is 0.00772 e. The van der Waals surface area contributed by atoms with E-state index >= 15 is 0 Å². The van der Waals surface area contributed by atoms with E-state index in [4.69, 9.17) is 0 Å². The van der Waals surface area contributed by atoms with Crippen molar-refractivity contribution in [3.05, 3.63) is 0 Å². The van der Waals surface area contributed by atoms with Crippen LogP contribution in [0.1, 0.15) is 65.2 Å². The third-order valence-corrected chi connectivity index (χ3v) is 3.66. The van der Waals surface area contributed by atoms with Gasteiger partial charge >= 0.3 is 0 Å². The highest BCUT2D eigenvalue weighted by molar-refractivity contribution is 4.59. The summed E-state index contributed by atoms with van der Waals surface area (Å²) in [4.78, 5) is 0. The lowest BCUT2D eigenvalue weighted by atomic mass is 10.0. The summed E-state index contributed by atoms with van der Waals surface area (Å²) in [5.74, 6) is 0. The van der Waals surface area contributed by atoms with Crippen LogP contribution in [0, 0.1) is 0 Å². The minimum absolute atomic E-state index is 0. The zero-order valence-electron chi connectivity index (χ0n) is 12.1. The Hall–Kier alpha value is -0.120. The van der Waals surface area contributed by atoms with Gasteiger partial charge < -0.3 is 16.0 Å². The Balaban J connectivity index is 0.000000249. The topological polar surface area (TPSA) is 36.1 Å². The van der Waals surface area contributed by atoms with E-state index in [-0.39, 0.29) is 7.43 Å². The zero-order chi connectivity index (χ0) is 12.7. The molecule has 2 aliphatic heterocycles. The van der Waals surface area contributed by atoms with E-state index in [1.54, 1.807) is 0 Å². The van der Waals surface area contributed by atoms with E-state index < -0.39 is 0 Å². The van der Waals surface area contributed by atoms with Crippen molar-refractivity contribution < 1.29 is 0 Å². The van der Waals surface area contributed by atoms with E-state index in [1.165, 1.54) is 70.9 Å². The molecule has 116 valence electrons. The van der Waals surface area contributed by atoms with Crippen LogP contribution in [0.25, 0.3) is 0 Å². The third-order valence-electron chi connectivity index (χ3n) is 3.66. The molecule has 19 heavy (non-hydrogen) atoms. The molecule has 2 saturated heterocycles. The van der Waals surface area contributed by atoms with Crippen LogP contribution in [0.15, 0.2) is 0 Å². The normalized spacial score (nSPS) is 22.7. The Bertz CT molecular complexity index is 87.0. The van der Waals surface area contributed by atoms with Gasteiger partial charge in [0.05, 0.1) is 0 Å². The Labute approximate surface area is 121 Å². The number of hydrogen-bond acceptors (Lipinski definition) is 3. The van der Waals surface area contributed by atoms with Crippen LogP contribution in [-0.2, 0) is 0 Å². The van der Waals surface area contributed by atoms with Crippen molar-refractivity contribution in [3.8, 4) is 0 Å². The first kappa shape index (κ1) is 18.9. The van der Waals surface area contributed by atoms with Crippen molar-refractivity contribution in [2.24, 2.45) is 0 Å². The van der Waals surface area contributed by atoms with Crippen molar-refractivity contribution in [1.82, 2.24) is 16.0 Å². The van der Waals surface area contributed by atoms with Gasteiger partial charge in [0.25, 0.3) is 0 Å². The minimum atomic E-state index is 0. The first-order chi connectivity index (χ1) is 9.00. The molecule has 0 bridgehead atoms. The van der Waals surface area contributed by atoms with Crippen LogP contribution in [0.5, 0.6) is 0 Å². The van der Waals surface area contributed by atoms with Crippen LogP contribution in [0.2, 0.25) is 0 Å². The Morgan fingerprint density at radius 2 is 0.579 bits per heavy atom. The molecule has 0 radical (unpaired) electrons. The molecule has 0 aromatic carbocycles. The van der Waals surface area contributed by atoms with E-state index in [9.17, 15) is 0 Å². The zero-order valence-corrected chi connectivity index (χ0v) is 12.1. The van der Waals surface area contributed by atoms with Gasteiger partial charge in [-0.3, -0.25) is 0 Å². The van der Waals surface area contributed by atoms with Crippen molar-refractivity contribution >= 4 is 0 Å². The molecule has 0 unspecified atom stereocenters. The van der Waals surface area contributed by atoms with Gasteiger partial charge in [0.1, 0.15) is 0 Å². The van der Waals surface area contributed by atoms with Gasteiger partial charge in [-0.1, -0.05) is 52.4 Å². The van der Waals surface area contributed by atoms with E-state index in [0.717, 1.165) is 26.2 Å². The van der Waals surface area contributed by atoms with E-state index in [0.29, 0.717) is 0 Å². The van der Waals surface area contributed by atoms with Crippen LogP contribution in [0.4, 0.5) is 0 Å². The summed E-state index contributed by atoms with van der Waals surface area (Å²) in [6.45, 7) is 7.06. The highest BCUT2D eigenvalue weighted by Crippen LogP contribution is 2.15. The maximum atomic E-state index is 3.28. The van der Waals surface area contributed by atoms with E-state index in [2.05, 4.69) is 16.0 Å². The lowest BCUT2D eigenvalue weighted by Crippen LogP contribution is -2.39. The SMILES string of the molecule is C.C1CCCCC1.C1CCNCC1.C1CNCCN1. The Morgan fingerprint density at radius 1 is 0.316 bits per heavy atom. The molecule has 3 N–H and O–H groups in total. The lowest BCUT2D eigenvalue weighted by Gasteiger charge is -2.11. The predicted octanol–water partition coefficient (Wildman–Crippen LogP) is 2.92. The fraction of sp³-hybridized carbons (Fsp3) is 1.00. The van der Waals surface area contributed by atoms with Gasteiger partial charge in [0, 0.05) is 26.2 Å². The van der Waals surface area contributed by atoms with Gasteiger partial charge in [-0.05, 0) is 25.9 Å². The summed E-state index contributed by atoms with van der Waals surface area (Å²) in [6.07, 6.45) is 13.2. The maximum absolute atomic E-state index is 3.28. The number of piperazine rings is 1. The van der Waals surface area contributed by atoms with Gasteiger partial charge in [-0.15, -0.1) is 0 Å². The van der Waals surface area contributed by atoms with Crippen LogP contribution >= 0.6 is 0 Å². The van der Waals surface area contributed by atoms with Crippen LogP contribution in [0.3, 0.4) is 0 Å². The predicted molar refractivity (Wildman–Crippen MR) is 86.9 cm³/mol. The first-order valence-corrected chi connectivity index (χ1v) is 8.12. The van der Waals surface area contributed by atoms with E-state index in [1.807, 2.05) is 0 Å². The average molecular weight is 271 g/mol. The summed E-state index contributed by atoms with van der Waals surface area (Å²) in [5, 5.41) is 9.73. The molecular weight excluding hydrogens is 234 g/mol. The fourth-order valence-corrected chi connectivity index (χ4v) is 2.47. The van der Waals surface area contributed by atoms with Crippen molar-refractivity contribution in [2.45, 2.75) is 65.2 Å². The highest BCUT2D eigenvalue weighted by Gasteiger charge is 1.95. The molecule has 1 aliphatic carbocycles. The average Bonchev–Trinajstić information content (AvgIpc) is 2.54. The summed E-state index contributed by atoms with van der Waals surface area (Å²) < 4.78 is 0. The largest absolute Gasteiger partial charge is 0.317 e. The van der Waals surface area contributed by atoms with Gasteiger partial charge in [-0.2, -0.15) is 0 Å². The lowest BCUT2D eigenvalue weighted by molar-refractivity contribution is 0.504. The fourth-order valence-electron chi connectivity index (χ4n) is 2.47. The van der Waals surface area contributed by atoms with Crippen LogP contribution < -0.4 is 16.0 Å². The molecule has 3 heteroatoms. The number of piperidine rings is 1. The molecule has 0 amide bonds. The molecule has 0 spiro atoms. The molecular formula is C16H37N3. The molecule has 3 fully saturated rings. The molecule has 0 aromatic heterocycles. The van der Waals surface area contributed by atoms with Gasteiger partial charge in [0.2, 0.25) is 0 Å². The molecule has 3 rings (SSSR count). The number of nitrogens with one attached hydrogen (secondary N) is 3. The summed E-state index contributed by atoms with van der Waals surface area (Å²) in [7, 11) is 0. The monoisotopic (exact) mass is 271 g/mol. The first-order valence-electron chi connectivity index (χ1n) is 8.12. The summed E-state index contributed by atoms with van der Waals surface area (Å²) in [6, 6.07) is 0. The third kappa shape index (κ3) is 14.1. The molecule has 1 saturated carbocycles. The highest BCUT2D eigenvalue weighted by atomic mass is 15.0. The summed E-state index contributed by atoms with van der Waals surface area (Å²) in [5.41, 5.74) is 0. The van der Waals surface area contributed by atoms with Crippen molar-refractivity contribution in [1.29, 1.82) is 0 Å². The molecule has 3 aliphatic rings. The molecule has 2 heterocycles. The minimum Gasteiger partial charge on any atom is -0.317 e. The molecule has 3 nitrogen and oxygen atoms in total. The molecule has 0 aromatic rings. The van der Waals surface area contributed by atoms with Crippen molar-refractivity contribution in [2.75, 3.05) is 39.3 Å². The quantitative estimate of drug-likeness (QED) is 0.634. The number of hydrogen-bond donors (Lipinski definition) is 3. The number of rotatable bonds is 0. The van der Waals surface area contributed by atoms with Crippen LogP contribution in [-0.4, -0.2) is 39.3 Å². The van der Waals surface area contributed by atoms with Crippen molar-refractivity contribution in [3.63, 3.8) is 0 Å². The second kappa shape index (κ2) is 15.9. The second-order valence-corrected chi connectivity index (χ2v) is 5.43. The summed E-state index contributed by atoms with van der Waals surface area (Å²) >= 11 is 0.